The van der Waals surface area contributed by atoms with E-state index in [2.05, 4.69) is 9.44 Å². The Morgan fingerprint density at radius 3 is 2.25 bits per heavy atom. The van der Waals surface area contributed by atoms with Crippen molar-refractivity contribution in [1.82, 2.24) is 0 Å². The molecule has 114 valence electrons. The minimum absolute atomic E-state index is 0.0334. The zero-order valence-electron chi connectivity index (χ0n) is 10.6. The Hall–Kier alpha value is -1.34. The number of methoxy groups -OCH3 is 1. The van der Waals surface area contributed by atoms with Crippen molar-refractivity contribution in [2.24, 2.45) is 11.1 Å². The van der Waals surface area contributed by atoms with Crippen LogP contribution in [-0.4, -0.2) is 32.9 Å². The maximum absolute atomic E-state index is 12.0. The summed E-state index contributed by atoms with van der Waals surface area (Å²) in [5.41, 5.74) is -5.92. The second-order valence-corrected chi connectivity index (χ2v) is 5.79. The molecule has 0 saturated heterocycles. The van der Waals surface area contributed by atoms with Gasteiger partial charge >= 0.3 is 15.6 Å². The fourth-order valence-corrected chi connectivity index (χ4v) is 2.15. The molecule has 0 bridgehead atoms. The van der Waals surface area contributed by atoms with Crippen LogP contribution in [0.5, 0.6) is 0 Å². The summed E-state index contributed by atoms with van der Waals surface area (Å²) in [5, 5.41) is 11.7. The molecule has 0 heterocycles. The van der Waals surface area contributed by atoms with Gasteiger partial charge in [0.2, 0.25) is 0 Å². The third kappa shape index (κ3) is 4.08. The van der Waals surface area contributed by atoms with E-state index in [4.69, 9.17) is 10.00 Å². The first-order valence-corrected chi connectivity index (χ1v) is 7.12. The van der Waals surface area contributed by atoms with E-state index < -0.39 is 21.5 Å². The maximum Gasteiger partial charge on any atom is 0.536 e. The summed E-state index contributed by atoms with van der Waals surface area (Å²) in [6.07, 6.45) is 2.22. The van der Waals surface area contributed by atoms with Gasteiger partial charge in [0.25, 0.3) is 0 Å². The minimum Gasteiger partial charge on any atom is -0.381 e. The van der Waals surface area contributed by atoms with Gasteiger partial charge in [0.15, 0.2) is 5.71 Å². The van der Waals surface area contributed by atoms with E-state index in [0.717, 1.165) is 0 Å². The van der Waals surface area contributed by atoms with Crippen molar-refractivity contribution >= 4 is 15.8 Å². The van der Waals surface area contributed by atoms with Crippen molar-refractivity contribution in [2.75, 3.05) is 7.11 Å². The smallest absolute Gasteiger partial charge is 0.381 e. The number of rotatable bonds is 4. The predicted octanol–water partition coefficient (Wildman–Crippen LogP) is 1.94. The van der Waals surface area contributed by atoms with Gasteiger partial charge in [0.05, 0.1) is 6.10 Å². The molecule has 0 radical (unpaired) electrons. The lowest BCUT2D eigenvalue weighted by molar-refractivity contribution is -0.0541. The summed E-state index contributed by atoms with van der Waals surface area (Å²) < 4.78 is 66.1. The van der Waals surface area contributed by atoms with Crippen molar-refractivity contribution in [3.8, 4) is 6.07 Å². The first-order chi connectivity index (χ1) is 9.21. The van der Waals surface area contributed by atoms with Gasteiger partial charge in [-0.1, -0.05) is 5.16 Å². The molecule has 1 rings (SSSR count). The molecular weight excluding hydrogens is 301 g/mol. The van der Waals surface area contributed by atoms with Crippen molar-refractivity contribution in [3.63, 3.8) is 0 Å². The topological polar surface area (TPSA) is 88.8 Å². The number of nitriles is 1. The van der Waals surface area contributed by atoms with Gasteiger partial charge in [-0.2, -0.15) is 26.9 Å². The fourth-order valence-electron chi connectivity index (χ4n) is 1.89. The normalized spacial score (nSPS) is 25.1. The van der Waals surface area contributed by atoms with E-state index in [1.54, 1.807) is 13.2 Å². The van der Waals surface area contributed by atoms with Gasteiger partial charge in [-0.05, 0) is 25.7 Å². The van der Waals surface area contributed by atoms with Crippen LogP contribution in [0.15, 0.2) is 5.16 Å². The largest absolute Gasteiger partial charge is 0.536 e. The maximum atomic E-state index is 12.0. The number of oxime groups is 1. The molecule has 0 aromatic carbocycles. The Balaban J connectivity index is 2.73. The summed E-state index contributed by atoms with van der Waals surface area (Å²) in [4.78, 5) is 0. The Kier molecular flexibility index (Phi) is 5.35. The van der Waals surface area contributed by atoms with Crippen LogP contribution in [0.2, 0.25) is 0 Å². The molecule has 1 fully saturated rings. The molecule has 0 amide bonds. The lowest BCUT2D eigenvalue weighted by Crippen LogP contribution is -2.27. The molecule has 6 nitrogen and oxygen atoms in total. The first-order valence-electron chi connectivity index (χ1n) is 5.72. The predicted molar refractivity (Wildman–Crippen MR) is 61.9 cm³/mol. The Morgan fingerprint density at radius 2 is 1.85 bits per heavy atom. The van der Waals surface area contributed by atoms with Gasteiger partial charge in [-0.25, -0.2) is 0 Å². The zero-order chi connectivity index (χ0) is 15.4. The van der Waals surface area contributed by atoms with Gasteiger partial charge in [0.1, 0.15) is 6.07 Å². The van der Waals surface area contributed by atoms with Gasteiger partial charge in [-0.15, -0.1) is 0 Å². The Morgan fingerprint density at radius 1 is 1.30 bits per heavy atom. The molecule has 0 aromatic rings. The second-order valence-electron chi connectivity index (χ2n) is 4.27. The third-order valence-electron chi connectivity index (χ3n) is 3.03. The van der Waals surface area contributed by atoms with Crippen LogP contribution >= 0.6 is 0 Å². The number of hydrogen-bond donors (Lipinski definition) is 0. The van der Waals surface area contributed by atoms with Crippen LogP contribution in [0, 0.1) is 17.2 Å². The number of hydrogen-bond acceptors (Lipinski definition) is 6. The molecule has 0 unspecified atom stereocenters. The molecule has 0 aromatic heterocycles. The molecule has 0 atom stereocenters. The molecule has 0 aliphatic heterocycles. The average Bonchev–Trinajstić information content (AvgIpc) is 2.38. The quantitative estimate of drug-likeness (QED) is 0.449. The van der Waals surface area contributed by atoms with E-state index in [9.17, 15) is 21.6 Å². The van der Waals surface area contributed by atoms with E-state index >= 15 is 0 Å². The lowest BCUT2D eigenvalue weighted by atomic mass is 9.84. The second kappa shape index (κ2) is 6.41. The summed E-state index contributed by atoms with van der Waals surface area (Å²) in [5.74, 6) is -0.421. The minimum atomic E-state index is -5.82. The van der Waals surface area contributed by atoms with Gasteiger partial charge in [-0.3, -0.25) is 4.28 Å². The molecule has 1 aliphatic rings. The van der Waals surface area contributed by atoms with E-state index in [1.165, 1.54) is 0 Å². The highest BCUT2D eigenvalue weighted by atomic mass is 32.2. The monoisotopic (exact) mass is 314 g/mol. The third-order valence-corrected chi connectivity index (χ3v) is 3.86. The molecule has 1 saturated carbocycles. The number of halogens is 3. The van der Waals surface area contributed by atoms with Crippen LogP contribution < -0.4 is 0 Å². The summed E-state index contributed by atoms with van der Waals surface area (Å²) in [6.45, 7) is 0. The SMILES string of the molecule is COC1CCC(/C(C#N)=N/OS(=O)(=O)C(F)(F)F)CC1. The Bertz CT molecular complexity index is 502. The van der Waals surface area contributed by atoms with Crippen LogP contribution in [0.25, 0.3) is 0 Å². The highest BCUT2D eigenvalue weighted by Gasteiger charge is 2.49. The molecular formula is C10H13F3N2O4S. The number of ether oxygens (including phenoxy) is 1. The molecule has 10 heteroatoms. The van der Waals surface area contributed by atoms with Crippen LogP contribution in [0.1, 0.15) is 25.7 Å². The van der Waals surface area contributed by atoms with E-state index in [1.807, 2.05) is 0 Å². The van der Waals surface area contributed by atoms with Crippen molar-refractivity contribution in [1.29, 1.82) is 5.26 Å². The fraction of sp³-hybridized carbons (Fsp3) is 0.800. The number of alkyl halides is 3. The standard InChI is InChI=1S/C10H13F3N2O4S/c1-18-8-4-2-7(3-5-8)9(6-14)15-19-20(16,17)10(11,12)13/h7-8H,2-5H2,1H3/b15-9+. The van der Waals surface area contributed by atoms with E-state index in [-0.39, 0.29) is 11.8 Å². The summed E-state index contributed by atoms with van der Waals surface area (Å²) in [6, 6.07) is 1.58. The van der Waals surface area contributed by atoms with Gasteiger partial charge in [0, 0.05) is 13.0 Å². The zero-order valence-corrected chi connectivity index (χ0v) is 11.4. The number of nitrogens with zero attached hydrogens (tertiary/aromatic N) is 2. The van der Waals surface area contributed by atoms with Crippen LogP contribution in [0.4, 0.5) is 13.2 Å². The highest BCUT2D eigenvalue weighted by molar-refractivity contribution is 7.87. The lowest BCUT2D eigenvalue weighted by Gasteiger charge is -2.26. The molecule has 1 aliphatic carbocycles. The van der Waals surface area contributed by atoms with Crippen molar-refractivity contribution < 1.29 is 30.6 Å². The van der Waals surface area contributed by atoms with Crippen LogP contribution in [-0.2, 0) is 19.1 Å². The molecule has 0 spiro atoms. The summed E-state index contributed by atoms with van der Waals surface area (Å²) >= 11 is 0. The summed E-state index contributed by atoms with van der Waals surface area (Å²) in [7, 11) is -4.28. The molecule has 20 heavy (non-hydrogen) atoms. The average molecular weight is 314 g/mol. The Labute approximate surface area is 114 Å². The van der Waals surface area contributed by atoms with Gasteiger partial charge < -0.3 is 4.74 Å². The highest BCUT2D eigenvalue weighted by Crippen LogP contribution is 2.28. The van der Waals surface area contributed by atoms with E-state index in [0.29, 0.717) is 25.7 Å². The van der Waals surface area contributed by atoms with Crippen LogP contribution in [0.3, 0.4) is 0 Å². The van der Waals surface area contributed by atoms with Crippen molar-refractivity contribution in [3.05, 3.63) is 0 Å². The molecule has 0 N–H and O–H groups in total. The van der Waals surface area contributed by atoms with Crippen molar-refractivity contribution in [2.45, 2.75) is 37.3 Å². The first kappa shape index (κ1) is 16.7.